The summed E-state index contributed by atoms with van der Waals surface area (Å²) >= 11 is 6.00. The van der Waals surface area contributed by atoms with E-state index in [0.29, 0.717) is 41.7 Å². The number of imide groups is 1. The van der Waals surface area contributed by atoms with E-state index in [2.05, 4.69) is 5.32 Å². The van der Waals surface area contributed by atoms with E-state index in [-0.39, 0.29) is 5.91 Å². The quantitative estimate of drug-likeness (QED) is 0.609. The first-order valence-electron chi connectivity index (χ1n) is 7.80. The zero-order valence-corrected chi connectivity index (χ0v) is 14.6. The van der Waals surface area contributed by atoms with Crippen molar-refractivity contribution in [3.05, 3.63) is 53.6 Å². The fourth-order valence-electron chi connectivity index (χ4n) is 2.16. The van der Waals surface area contributed by atoms with Crippen molar-refractivity contribution < 1.29 is 14.3 Å². The van der Waals surface area contributed by atoms with Crippen LogP contribution < -0.4 is 20.7 Å². The predicted molar refractivity (Wildman–Crippen MR) is 99.0 cm³/mol. The zero-order chi connectivity index (χ0) is 18.2. The molecule has 0 aliphatic carbocycles. The molecule has 7 heteroatoms. The summed E-state index contributed by atoms with van der Waals surface area (Å²) in [5.74, 6) is 0.220. The molecule has 0 aliphatic heterocycles. The molecule has 2 aromatic rings. The molecule has 2 rings (SSSR count). The van der Waals surface area contributed by atoms with Crippen LogP contribution in [0.1, 0.15) is 13.3 Å². The molecule has 0 aliphatic rings. The van der Waals surface area contributed by atoms with Crippen LogP contribution in [0.3, 0.4) is 0 Å². The summed E-state index contributed by atoms with van der Waals surface area (Å²) in [5.41, 5.74) is 6.65. The standard InChI is InChI=1S/C18H20ClN3O3/c1-13(23)22(15-9-7-14(20)8-10-15)18(24)21-11-4-12-25-17-6-3-2-5-16(17)19/h2-3,5-10H,4,11-12,20H2,1H3,(H,21,24). The lowest BCUT2D eigenvalue weighted by Crippen LogP contribution is -2.43. The minimum Gasteiger partial charge on any atom is -0.492 e. The number of carbonyl (C=O) groups is 2. The Morgan fingerprint density at radius 1 is 1.16 bits per heavy atom. The third-order valence-electron chi connectivity index (χ3n) is 3.36. The van der Waals surface area contributed by atoms with Gasteiger partial charge in [-0.15, -0.1) is 0 Å². The topological polar surface area (TPSA) is 84.7 Å². The summed E-state index contributed by atoms with van der Waals surface area (Å²) in [6.45, 7) is 2.09. The Kier molecular flexibility index (Phi) is 6.65. The number of urea groups is 1. The number of hydrogen-bond donors (Lipinski definition) is 2. The number of nitrogens with zero attached hydrogens (tertiary/aromatic N) is 1. The first-order chi connectivity index (χ1) is 12.0. The molecule has 25 heavy (non-hydrogen) atoms. The van der Waals surface area contributed by atoms with E-state index < -0.39 is 6.03 Å². The summed E-state index contributed by atoms with van der Waals surface area (Å²) in [6.07, 6.45) is 0.574. The molecule has 0 fully saturated rings. The average Bonchev–Trinajstić information content (AvgIpc) is 2.58. The maximum absolute atomic E-state index is 12.3. The van der Waals surface area contributed by atoms with Crippen molar-refractivity contribution >= 4 is 34.9 Å². The molecule has 0 bridgehead atoms. The number of nitrogens with one attached hydrogen (secondary N) is 1. The summed E-state index contributed by atoms with van der Waals surface area (Å²) in [6, 6.07) is 13.2. The molecule has 0 unspecified atom stereocenters. The number of amides is 3. The van der Waals surface area contributed by atoms with Crippen molar-refractivity contribution in [3.8, 4) is 5.75 Å². The van der Waals surface area contributed by atoms with Gasteiger partial charge in [0.25, 0.3) is 0 Å². The van der Waals surface area contributed by atoms with E-state index in [9.17, 15) is 9.59 Å². The number of anilines is 2. The molecule has 2 aromatic carbocycles. The summed E-state index contributed by atoms with van der Waals surface area (Å²) < 4.78 is 5.55. The summed E-state index contributed by atoms with van der Waals surface area (Å²) in [7, 11) is 0. The van der Waals surface area contributed by atoms with Crippen LogP contribution in [0.15, 0.2) is 48.5 Å². The van der Waals surface area contributed by atoms with Crippen LogP contribution in [0, 0.1) is 0 Å². The number of halogens is 1. The van der Waals surface area contributed by atoms with Crippen molar-refractivity contribution in [2.75, 3.05) is 23.8 Å². The first-order valence-corrected chi connectivity index (χ1v) is 8.18. The highest BCUT2D eigenvalue weighted by atomic mass is 35.5. The van der Waals surface area contributed by atoms with Crippen molar-refractivity contribution in [1.82, 2.24) is 5.32 Å². The van der Waals surface area contributed by atoms with E-state index in [1.165, 1.54) is 6.92 Å². The van der Waals surface area contributed by atoms with E-state index in [0.717, 1.165) is 4.90 Å². The van der Waals surface area contributed by atoms with E-state index in [4.69, 9.17) is 22.1 Å². The molecule has 0 saturated carbocycles. The monoisotopic (exact) mass is 361 g/mol. The molecule has 132 valence electrons. The Balaban J connectivity index is 1.82. The van der Waals surface area contributed by atoms with Crippen LogP contribution in [-0.2, 0) is 4.79 Å². The van der Waals surface area contributed by atoms with Gasteiger partial charge in [-0.2, -0.15) is 0 Å². The van der Waals surface area contributed by atoms with Gasteiger partial charge in [0.05, 0.1) is 17.3 Å². The van der Waals surface area contributed by atoms with Crippen molar-refractivity contribution in [2.24, 2.45) is 0 Å². The molecule has 6 nitrogen and oxygen atoms in total. The lowest BCUT2D eigenvalue weighted by molar-refractivity contribution is -0.115. The lowest BCUT2D eigenvalue weighted by Gasteiger charge is -2.20. The third-order valence-corrected chi connectivity index (χ3v) is 3.67. The van der Waals surface area contributed by atoms with Gasteiger partial charge in [-0.3, -0.25) is 4.79 Å². The Morgan fingerprint density at radius 3 is 2.48 bits per heavy atom. The van der Waals surface area contributed by atoms with Gasteiger partial charge in [0.1, 0.15) is 5.75 Å². The molecule has 0 spiro atoms. The second kappa shape index (κ2) is 8.94. The van der Waals surface area contributed by atoms with Gasteiger partial charge in [0.2, 0.25) is 5.91 Å². The fourth-order valence-corrected chi connectivity index (χ4v) is 2.35. The van der Waals surface area contributed by atoms with Gasteiger partial charge in [-0.1, -0.05) is 23.7 Å². The van der Waals surface area contributed by atoms with Crippen molar-refractivity contribution in [2.45, 2.75) is 13.3 Å². The normalized spacial score (nSPS) is 10.2. The van der Waals surface area contributed by atoms with Crippen molar-refractivity contribution in [3.63, 3.8) is 0 Å². The Bertz CT molecular complexity index is 735. The van der Waals surface area contributed by atoms with Gasteiger partial charge in [-0.05, 0) is 42.8 Å². The maximum Gasteiger partial charge on any atom is 0.328 e. The maximum atomic E-state index is 12.3. The number of hydrogen-bond acceptors (Lipinski definition) is 4. The van der Waals surface area contributed by atoms with E-state index >= 15 is 0 Å². The number of rotatable bonds is 6. The second-order valence-electron chi connectivity index (χ2n) is 5.31. The van der Waals surface area contributed by atoms with Gasteiger partial charge in [0.15, 0.2) is 0 Å². The number of carbonyl (C=O) groups excluding carboxylic acids is 2. The number of benzene rings is 2. The number of nitrogen functional groups attached to an aromatic ring is 1. The molecule has 3 amide bonds. The smallest absolute Gasteiger partial charge is 0.328 e. The fraction of sp³-hybridized carbons (Fsp3) is 0.222. The van der Waals surface area contributed by atoms with Crippen LogP contribution in [0.25, 0.3) is 0 Å². The molecule has 0 saturated heterocycles. The number of nitrogens with two attached hydrogens (primary N) is 1. The average molecular weight is 362 g/mol. The SMILES string of the molecule is CC(=O)N(C(=O)NCCCOc1ccccc1Cl)c1ccc(N)cc1. The van der Waals surface area contributed by atoms with Gasteiger partial charge in [0, 0.05) is 19.2 Å². The largest absolute Gasteiger partial charge is 0.492 e. The highest BCUT2D eigenvalue weighted by molar-refractivity contribution is 6.32. The molecule has 0 heterocycles. The highest BCUT2D eigenvalue weighted by Crippen LogP contribution is 2.23. The minimum atomic E-state index is -0.491. The summed E-state index contributed by atoms with van der Waals surface area (Å²) in [4.78, 5) is 25.1. The van der Waals surface area contributed by atoms with Gasteiger partial charge in [-0.25, -0.2) is 9.69 Å². The molecule has 0 radical (unpaired) electrons. The molecule has 0 aromatic heterocycles. The van der Waals surface area contributed by atoms with Crippen LogP contribution in [0.2, 0.25) is 5.02 Å². The van der Waals surface area contributed by atoms with E-state index in [1.807, 2.05) is 12.1 Å². The Hall–Kier alpha value is -2.73. The molecular formula is C18H20ClN3O3. The predicted octanol–water partition coefficient (Wildman–Crippen LogP) is 3.45. The third kappa shape index (κ3) is 5.39. The van der Waals surface area contributed by atoms with Crippen molar-refractivity contribution in [1.29, 1.82) is 0 Å². The molecular weight excluding hydrogens is 342 g/mol. The highest BCUT2D eigenvalue weighted by Gasteiger charge is 2.19. The second-order valence-corrected chi connectivity index (χ2v) is 5.72. The van der Waals surface area contributed by atoms with Crippen LogP contribution in [0.5, 0.6) is 5.75 Å². The number of ether oxygens (including phenoxy) is 1. The summed E-state index contributed by atoms with van der Waals surface area (Å²) in [5, 5.41) is 3.24. The Morgan fingerprint density at radius 2 is 1.84 bits per heavy atom. The molecule has 0 atom stereocenters. The van der Waals surface area contributed by atoms with Crippen LogP contribution >= 0.6 is 11.6 Å². The van der Waals surface area contributed by atoms with Crippen LogP contribution in [0.4, 0.5) is 16.2 Å². The van der Waals surface area contributed by atoms with E-state index in [1.54, 1.807) is 36.4 Å². The lowest BCUT2D eigenvalue weighted by atomic mass is 10.2. The van der Waals surface area contributed by atoms with Gasteiger partial charge >= 0.3 is 6.03 Å². The first kappa shape index (κ1) is 18.6. The minimum absolute atomic E-state index is 0.363. The molecule has 3 N–H and O–H groups in total. The zero-order valence-electron chi connectivity index (χ0n) is 13.9. The van der Waals surface area contributed by atoms with Gasteiger partial charge < -0.3 is 15.8 Å². The Labute approximate surface area is 151 Å². The van der Waals surface area contributed by atoms with Crippen LogP contribution in [-0.4, -0.2) is 25.1 Å². The number of para-hydroxylation sites is 1.